The van der Waals surface area contributed by atoms with Crippen LogP contribution in [0.1, 0.15) is 18.1 Å². The molecule has 0 radical (unpaired) electrons. The number of rotatable bonds is 3. The van der Waals surface area contributed by atoms with Gasteiger partial charge in [0.15, 0.2) is 0 Å². The quantitative estimate of drug-likeness (QED) is 0.469. The lowest BCUT2D eigenvalue weighted by Crippen LogP contribution is -2.07. The van der Waals surface area contributed by atoms with Crippen LogP contribution in [0.4, 0.5) is 0 Å². The third-order valence-electron chi connectivity index (χ3n) is 2.06. The number of benzene rings is 1. The highest BCUT2D eigenvalue weighted by molar-refractivity contribution is 6.16. The van der Waals surface area contributed by atoms with Gasteiger partial charge in [0.05, 0.1) is 12.9 Å². The van der Waals surface area contributed by atoms with Gasteiger partial charge in [-0.1, -0.05) is 24.3 Å². The van der Waals surface area contributed by atoms with Crippen molar-refractivity contribution in [1.82, 2.24) is 0 Å². The summed E-state index contributed by atoms with van der Waals surface area (Å²) in [5, 5.41) is 9.04. The molecule has 0 aliphatic carbocycles. The number of hydrogen-bond acceptors (Lipinski definition) is 3. The van der Waals surface area contributed by atoms with Crippen molar-refractivity contribution in [3.05, 3.63) is 41.7 Å². The van der Waals surface area contributed by atoms with Crippen molar-refractivity contribution in [3.8, 4) is 0 Å². The average molecular weight is 206 g/mol. The molecule has 3 heteroatoms. The molecular weight excluding hydrogens is 192 g/mol. The zero-order valence-corrected chi connectivity index (χ0v) is 8.86. The minimum Gasteiger partial charge on any atom is -0.515 e. The van der Waals surface area contributed by atoms with Crippen LogP contribution in [0.3, 0.4) is 0 Å². The fourth-order valence-corrected chi connectivity index (χ4v) is 1.32. The molecule has 0 unspecified atom stereocenters. The molecule has 0 fully saturated rings. The van der Waals surface area contributed by atoms with E-state index in [0.29, 0.717) is 12.2 Å². The second-order valence-electron chi connectivity index (χ2n) is 3.08. The summed E-state index contributed by atoms with van der Waals surface area (Å²) in [5.74, 6) is -0.505. The summed E-state index contributed by atoms with van der Waals surface area (Å²) in [6.07, 6.45) is 0.792. The molecule has 0 heterocycles. The van der Waals surface area contributed by atoms with Crippen molar-refractivity contribution in [2.24, 2.45) is 0 Å². The van der Waals surface area contributed by atoms with Crippen molar-refractivity contribution < 1.29 is 14.6 Å². The maximum Gasteiger partial charge on any atom is 0.341 e. The maximum absolute atomic E-state index is 11.5. The molecule has 0 saturated carbocycles. The molecule has 3 nitrogen and oxygen atoms in total. The molecule has 0 bridgehead atoms. The maximum atomic E-state index is 11.5. The fraction of sp³-hybridized carbons (Fsp3) is 0.250. The van der Waals surface area contributed by atoms with Gasteiger partial charge < -0.3 is 9.84 Å². The van der Waals surface area contributed by atoms with E-state index in [1.165, 1.54) is 0 Å². The van der Waals surface area contributed by atoms with E-state index in [4.69, 9.17) is 9.84 Å². The van der Waals surface area contributed by atoms with E-state index < -0.39 is 5.97 Å². The number of aliphatic hydroxyl groups is 1. The summed E-state index contributed by atoms with van der Waals surface area (Å²) in [6, 6.07) is 7.33. The Bertz CT molecular complexity index is 380. The van der Waals surface area contributed by atoms with Gasteiger partial charge in [-0.25, -0.2) is 4.79 Å². The van der Waals surface area contributed by atoms with E-state index in [1.807, 2.05) is 25.1 Å². The second kappa shape index (κ2) is 5.20. The van der Waals surface area contributed by atoms with Crippen LogP contribution in [-0.2, 0) is 9.53 Å². The van der Waals surface area contributed by atoms with Crippen molar-refractivity contribution >= 4 is 11.5 Å². The lowest BCUT2D eigenvalue weighted by Gasteiger charge is -2.08. The average Bonchev–Trinajstić information content (AvgIpc) is 2.22. The number of aryl methyl sites for hydroxylation is 1. The number of hydrogen-bond donors (Lipinski definition) is 1. The largest absolute Gasteiger partial charge is 0.515 e. The normalized spacial score (nSPS) is 11.2. The van der Waals surface area contributed by atoms with Crippen LogP contribution in [0.15, 0.2) is 30.5 Å². The van der Waals surface area contributed by atoms with E-state index in [0.717, 1.165) is 11.8 Å². The zero-order chi connectivity index (χ0) is 11.3. The first-order valence-corrected chi connectivity index (χ1v) is 4.78. The van der Waals surface area contributed by atoms with Gasteiger partial charge in [0.25, 0.3) is 0 Å². The molecule has 1 N–H and O–H groups in total. The Hall–Kier alpha value is -1.77. The molecule has 0 amide bonds. The van der Waals surface area contributed by atoms with Gasteiger partial charge in [0, 0.05) is 0 Å². The van der Waals surface area contributed by atoms with Crippen molar-refractivity contribution in [3.63, 3.8) is 0 Å². The molecule has 0 spiro atoms. The van der Waals surface area contributed by atoms with Crippen LogP contribution in [0, 0.1) is 6.92 Å². The topological polar surface area (TPSA) is 46.5 Å². The number of carbonyl (C=O) groups excluding carboxylic acids is 1. The molecule has 0 saturated heterocycles. The highest BCUT2D eigenvalue weighted by Crippen LogP contribution is 2.19. The predicted octanol–water partition coefficient (Wildman–Crippen LogP) is 2.46. The molecular formula is C12H14O3. The van der Waals surface area contributed by atoms with Crippen LogP contribution in [-0.4, -0.2) is 17.7 Å². The molecule has 0 aromatic heterocycles. The third kappa shape index (κ3) is 2.59. The number of esters is 1. The molecule has 80 valence electrons. The lowest BCUT2D eigenvalue weighted by molar-refractivity contribution is -0.136. The highest BCUT2D eigenvalue weighted by Gasteiger charge is 2.14. The first-order chi connectivity index (χ1) is 7.20. The van der Waals surface area contributed by atoms with Gasteiger partial charge in [0.1, 0.15) is 5.57 Å². The smallest absolute Gasteiger partial charge is 0.341 e. The van der Waals surface area contributed by atoms with E-state index in [-0.39, 0.29) is 5.57 Å². The minimum atomic E-state index is -0.505. The molecule has 0 aliphatic rings. The highest BCUT2D eigenvalue weighted by atomic mass is 16.5. The van der Waals surface area contributed by atoms with Crippen molar-refractivity contribution in [2.45, 2.75) is 13.8 Å². The Balaban J connectivity index is 3.04. The van der Waals surface area contributed by atoms with E-state index in [9.17, 15) is 4.79 Å². The Morgan fingerprint density at radius 1 is 1.47 bits per heavy atom. The van der Waals surface area contributed by atoms with Crippen LogP contribution < -0.4 is 0 Å². The standard InChI is InChI=1S/C12H14O3/c1-3-15-12(14)11(8-13)10-7-5-4-6-9(10)2/h4-8,13H,3H2,1-2H3/b11-8-. The minimum absolute atomic E-state index is 0.190. The summed E-state index contributed by atoms with van der Waals surface area (Å²) < 4.78 is 4.84. The van der Waals surface area contributed by atoms with Crippen LogP contribution in [0.2, 0.25) is 0 Å². The summed E-state index contributed by atoms with van der Waals surface area (Å²) in [7, 11) is 0. The zero-order valence-electron chi connectivity index (χ0n) is 8.86. The van der Waals surface area contributed by atoms with E-state index in [1.54, 1.807) is 13.0 Å². The van der Waals surface area contributed by atoms with Gasteiger partial charge in [-0.15, -0.1) is 0 Å². The third-order valence-corrected chi connectivity index (χ3v) is 2.06. The predicted molar refractivity (Wildman–Crippen MR) is 58.4 cm³/mol. The molecule has 1 aromatic rings. The van der Waals surface area contributed by atoms with Crippen molar-refractivity contribution in [1.29, 1.82) is 0 Å². The van der Waals surface area contributed by atoms with Gasteiger partial charge >= 0.3 is 5.97 Å². The van der Waals surface area contributed by atoms with Crippen LogP contribution in [0.5, 0.6) is 0 Å². The molecule has 1 rings (SSSR count). The SMILES string of the molecule is CCOC(=O)/C(=C\O)c1ccccc1C. The molecule has 15 heavy (non-hydrogen) atoms. The van der Waals surface area contributed by atoms with Gasteiger partial charge in [-0.2, -0.15) is 0 Å². The monoisotopic (exact) mass is 206 g/mol. The summed E-state index contributed by atoms with van der Waals surface area (Å²) in [5.41, 5.74) is 1.80. The number of carbonyl (C=O) groups is 1. The van der Waals surface area contributed by atoms with E-state index in [2.05, 4.69) is 0 Å². The molecule has 0 aliphatic heterocycles. The van der Waals surface area contributed by atoms with Gasteiger partial charge in [-0.05, 0) is 25.0 Å². The first-order valence-electron chi connectivity index (χ1n) is 4.78. The van der Waals surface area contributed by atoms with Gasteiger partial charge in [0.2, 0.25) is 0 Å². The summed E-state index contributed by atoms with van der Waals surface area (Å²) in [4.78, 5) is 11.5. The summed E-state index contributed by atoms with van der Waals surface area (Å²) in [6.45, 7) is 3.89. The van der Waals surface area contributed by atoms with Crippen LogP contribution >= 0.6 is 0 Å². The number of aliphatic hydroxyl groups excluding tert-OH is 1. The second-order valence-corrected chi connectivity index (χ2v) is 3.08. The molecule has 0 atom stereocenters. The van der Waals surface area contributed by atoms with E-state index >= 15 is 0 Å². The Morgan fingerprint density at radius 3 is 2.67 bits per heavy atom. The lowest BCUT2D eigenvalue weighted by atomic mass is 10.0. The Morgan fingerprint density at radius 2 is 2.13 bits per heavy atom. The Kier molecular flexibility index (Phi) is 3.92. The summed E-state index contributed by atoms with van der Waals surface area (Å²) >= 11 is 0. The van der Waals surface area contributed by atoms with Crippen LogP contribution in [0.25, 0.3) is 5.57 Å². The Labute approximate surface area is 89.0 Å². The first kappa shape index (κ1) is 11.3. The number of ether oxygens (including phenoxy) is 1. The fourth-order valence-electron chi connectivity index (χ4n) is 1.32. The van der Waals surface area contributed by atoms with Gasteiger partial charge in [-0.3, -0.25) is 0 Å². The molecule has 1 aromatic carbocycles. The van der Waals surface area contributed by atoms with Crippen molar-refractivity contribution in [2.75, 3.05) is 6.61 Å².